The lowest BCUT2D eigenvalue weighted by molar-refractivity contribution is 0.0786. The maximum absolute atomic E-state index is 14.0. The van der Waals surface area contributed by atoms with Crippen LogP contribution in [0.1, 0.15) is 56.2 Å². The highest BCUT2D eigenvalue weighted by atomic mass is 19.1. The molecule has 0 spiro atoms. The van der Waals surface area contributed by atoms with Gasteiger partial charge >= 0.3 is 6.03 Å². The molecule has 0 unspecified atom stereocenters. The van der Waals surface area contributed by atoms with E-state index >= 15 is 0 Å². The van der Waals surface area contributed by atoms with E-state index in [2.05, 4.69) is 5.32 Å². The van der Waals surface area contributed by atoms with Crippen LogP contribution < -0.4 is 20.3 Å². The van der Waals surface area contributed by atoms with Crippen molar-refractivity contribution >= 4 is 6.03 Å². The van der Waals surface area contributed by atoms with E-state index in [1.807, 2.05) is 11.0 Å². The fourth-order valence-electron chi connectivity index (χ4n) is 5.78. The maximum Gasteiger partial charge on any atom is 0.317 e. The van der Waals surface area contributed by atoms with Gasteiger partial charge in [-0.05, 0) is 94.3 Å². The smallest absolute Gasteiger partial charge is 0.317 e. The van der Waals surface area contributed by atoms with E-state index in [-0.39, 0.29) is 29.6 Å². The minimum Gasteiger partial charge on any atom is -0.490 e. The summed E-state index contributed by atoms with van der Waals surface area (Å²) in [5, 5.41) is 13.7. The van der Waals surface area contributed by atoms with Crippen LogP contribution in [0.3, 0.4) is 0 Å². The van der Waals surface area contributed by atoms with Crippen molar-refractivity contribution < 1.29 is 23.8 Å². The average molecular weight is 564 g/mol. The fourth-order valence-corrected chi connectivity index (χ4v) is 5.78. The molecule has 1 aromatic heterocycles. The predicted molar refractivity (Wildman–Crippen MR) is 155 cm³/mol. The Balaban J connectivity index is 1.51. The van der Waals surface area contributed by atoms with Crippen LogP contribution in [0.4, 0.5) is 9.18 Å². The second kappa shape index (κ2) is 11.2. The zero-order valence-corrected chi connectivity index (χ0v) is 24.3. The number of aliphatic hydroxyl groups is 1. The second-order valence-electron chi connectivity index (χ2n) is 11.7. The first-order chi connectivity index (χ1) is 19.4. The molecule has 2 N–H and O–H groups in total. The highest BCUT2D eigenvalue weighted by molar-refractivity contribution is 5.77. The highest BCUT2D eigenvalue weighted by Crippen LogP contribution is 2.42. The molecule has 1 saturated heterocycles. The number of rotatable bonds is 7. The number of benzene rings is 2. The average Bonchev–Trinajstić information content (AvgIpc) is 3.34. The molecule has 1 saturated carbocycles. The van der Waals surface area contributed by atoms with E-state index < -0.39 is 5.60 Å². The van der Waals surface area contributed by atoms with Gasteiger partial charge < -0.3 is 29.4 Å². The lowest BCUT2D eigenvalue weighted by Gasteiger charge is -2.34. The first kappa shape index (κ1) is 28.7. The molecule has 41 heavy (non-hydrogen) atoms. The van der Waals surface area contributed by atoms with Crippen LogP contribution in [0.2, 0.25) is 0 Å². The minimum atomic E-state index is -1.13. The molecule has 1 aliphatic heterocycles. The molecule has 2 aromatic carbocycles. The summed E-state index contributed by atoms with van der Waals surface area (Å²) in [5.74, 6) is 1.13. The van der Waals surface area contributed by atoms with Gasteiger partial charge in [0.2, 0.25) is 0 Å². The summed E-state index contributed by atoms with van der Waals surface area (Å²) in [6.07, 6.45) is 4.76. The molecule has 5 rings (SSSR count). The fraction of sp³-hybridized carbons (Fsp3) is 0.438. The van der Waals surface area contributed by atoms with Gasteiger partial charge in [-0.25, -0.2) is 9.18 Å². The summed E-state index contributed by atoms with van der Waals surface area (Å²) in [6, 6.07) is 9.95. The molecule has 2 amide bonds. The van der Waals surface area contributed by atoms with Gasteiger partial charge in [0.1, 0.15) is 23.1 Å². The van der Waals surface area contributed by atoms with Crippen molar-refractivity contribution in [3.05, 3.63) is 75.5 Å². The van der Waals surface area contributed by atoms with Crippen molar-refractivity contribution in [2.45, 2.75) is 71.1 Å². The highest BCUT2D eigenvalue weighted by Gasteiger charge is 2.32. The Morgan fingerprint density at radius 1 is 0.976 bits per heavy atom. The molecule has 9 heteroatoms. The third-order valence-corrected chi connectivity index (χ3v) is 8.07. The molecule has 0 radical (unpaired) electrons. The largest absolute Gasteiger partial charge is 0.490 e. The number of amides is 2. The zero-order chi connectivity index (χ0) is 29.5. The molecule has 0 atom stereocenters. The molecule has 3 aromatic rings. The number of hydrogen-bond acceptors (Lipinski definition) is 5. The molecule has 2 heterocycles. The number of nitrogens with one attached hydrogen (secondary N) is 1. The van der Waals surface area contributed by atoms with Gasteiger partial charge in [0, 0.05) is 49.6 Å². The maximum atomic E-state index is 14.0. The Morgan fingerprint density at radius 3 is 2.27 bits per heavy atom. The quantitative estimate of drug-likeness (QED) is 0.394. The van der Waals surface area contributed by atoms with Crippen LogP contribution in [-0.2, 0) is 12.6 Å². The lowest BCUT2D eigenvalue weighted by Crippen LogP contribution is -2.42. The van der Waals surface area contributed by atoms with Crippen LogP contribution in [0.5, 0.6) is 17.2 Å². The Labute approximate surface area is 239 Å². The van der Waals surface area contributed by atoms with Gasteiger partial charge in [-0.2, -0.15) is 0 Å². The third-order valence-electron chi connectivity index (χ3n) is 8.07. The lowest BCUT2D eigenvalue weighted by atomic mass is 9.91. The monoisotopic (exact) mass is 563 g/mol. The van der Waals surface area contributed by atoms with Crippen molar-refractivity contribution in [1.82, 2.24) is 14.8 Å². The van der Waals surface area contributed by atoms with Crippen LogP contribution in [-0.4, -0.2) is 45.8 Å². The normalized spacial score (nSPS) is 19.3. The van der Waals surface area contributed by atoms with Gasteiger partial charge in [0.05, 0.1) is 11.7 Å². The van der Waals surface area contributed by atoms with Crippen molar-refractivity contribution in [2.24, 2.45) is 7.05 Å². The van der Waals surface area contributed by atoms with Crippen molar-refractivity contribution in [3.63, 3.8) is 0 Å². The molecule has 218 valence electrons. The topological polar surface area (TPSA) is 93.0 Å². The standard InChI is InChI=1S/C32H38FN3O5/c1-19-14-22(33)15-20(2)30(19)41-27-11-6-21(32(3,4)39)16-25(27)26-18-35(5)29(37)17-28(26)40-24-9-7-23(8-10-24)36-13-12-34-31(36)38/h6,11,14-18,23-24,39H,7-10,12-13H2,1-5H3,(H,34,38). The molecule has 1 aliphatic carbocycles. The molecular formula is C32H38FN3O5. The van der Waals surface area contributed by atoms with Crippen LogP contribution in [0.25, 0.3) is 11.1 Å². The van der Waals surface area contributed by atoms with Crippen LogP contribution in [0, 0.1) is 19.7 Å². The summed E-state index contributed by atoms with van der Waals surface area (Å²) >= 11 is 0. The number of urea groups is 1. The number of hydrogen-bond donors (Lipinski definition) is 2. The second-order valence-corrected chi connectivity index (χ2v) is 11.7. The molecule has 0 bridgehead atoms. The summed E-state index contributed by atoms with van der Waals surface area (Å²) < 4.78 is 28.4. The van der Waals surface area contributed by atoms with E-state index in [0.717, 1.165) is 32.2 Å². The summed E-state index contributed by atoms with van der Waals surface area (Å²) in [4.78, 5) is 26.8. The van der Waals surface area contributed by atoms with Crippen molar-refractivity contribution in [1.29, 1.82) is 0 Å². The van der Waals surface area contributed by atoms with Gasteiger partial charge in [-0.1, -0.05) is 6.07 Å². The summed E-state index contributed by atoms with van der Waals surface area (Å²) in [7, 11) is 1.68. The molecule has 2 fully saturated rings. The van der Waals surface area contributed by atoms with Crippen molar-refractivity contribution in [2.75, 3.05) is 13.1 Å². The van der Waals surface area contributed by atoms with Gasteiger partial charge in [0.25, 0.3) is 5.56 Å². The number of aryl methyl sites for hydroxylation is 3. The number of ether oxygens (including phenoxy) is 2. The van der Waals surface area contributed by atoms with E-state index in [0.29, 0.717) is 51.6 Å². The molecule has 8 nitrogen and oxygen atoms in total. The number of halogens is 1. The Bertz CT molecular complexity index is 1500. The Hall–Kier alpha value is -3.85. The predicted octanol–water partition coefficient (Wildman–Crippen LogP) is 5.54. The third kappa shape index (κ3) is 6.10. The van der Waals surface area contributed by atoms with Crippen molar-refractivity contribution in [3.8, 4) is 28.4 Å². The van der Waals surface area contributed by atoms with Gasteiger partial charge in [0.15, 0.2) is 0 Å². The molecular weight excluding hydrogens is 525 g/mol. The van der Waals surface area contributed by atoms with E-state index in [9.17, 15) is 19.1 Å². The van der Waals surface area contributed by atoms with E-state index in [1.165, 1.54) is 22.8 Å². The zero-order valence-electron chi connectivity index (χ0n) is 24.3. The number of carbonyl (C=O) groups excluding carboxylic acids is 1. The van der Waals surface area contributed by atoms with E-state index in [1.54, 1.807) is 53.1 Å². The molecule has 2 aliphatic rings. The van der Waals surface area contributed by atoms with Crippen LogP contribution in [0.15, 0.2) is 47.4 Å². The summed E-state index contributed by atoms with van der Waals surface area (Å²) in [5.41, 5.74) is 1.92. The number of nitrogens with zero attached hydrogens (tertiary/aromatic N) is 2. The minimum absolute atomic E-state index is 0.00550. The Morgan fingerprint density at radius 2 is 1.66 bits per heavy atom. The first-order valence-electron chi connectivity index (χ1n) is 14.1. The Kier molecular flexibility index (Phi) is 7.83. The van der Waals surface area contributed by atoms with E-state index in [4.69, 9.17) is 9.47 Å². The van der Waals surface area contributed by atoms with Crippen LogP contribution >= 0.6 is 0 Å². The number of pyridine rings is 1. The number of carbonyl (C=O) groups is 1. The van der Waals surface area contributed by atoms with Gasteiger partial charge in [-0.3, -0.25) is 4.79 Å². The van der Waals surface area contributed by atoms with Gasteiger partial charge in [-0.15, -0.1) is 0 Å². The number of aromatic nitrogens is 1. The first-order valence-corrected chi connectivity index (χ1v) is 14.1. The summed E-state index contributed by atoms with van der Waals surface area (Å²) in [6.45, 7) is 8.40. The SMILES string of the molecule is Cc1cc(F)cc(C)c1Oc1ccc(C(C)(C)O)cc1-c1cn(C)c(=O)cc1OC1CCC(N2CCNC2=O)CC1.